The van der Waals surface area contributed by atoms with Crippen LogP contribution in [0.4, 0.5) is 0 Å². The average Bonchev–Trinajstić information content (AvgIpc) is 2.68. The molecule has 0 bridgehead atoms. The predicted octanol–water partition coefficient (Wildman–Crippen LogP) is 5.54. The molecule has 4 atom stereocenters. The van der Waals surface area contributed by atoms with Gasteiger partial charge in [-0.1, -0.05) is 74.5 Å². The van der Waals surface area contributed by atoms with Crippen molar-refractivity contribution in [2.24, 2.45) is 11.8 Å². The molecule has 2 heteroatoms. The largest absolute Gasteiger partial charge is 0.299 e. The van der Waals surface area contributed by atoms with Gasteiger partial charge in [-0.15, -0.1) is 0 Å². The standard InChI is InChI=1S/C24H28O2/c1-3-11-21(25)24-20(17-12-7-5-8-13-17)16-22(26)19(4-2)23(24)18-14-9-6-10-15-18/h5-10,12-15,19-20,23-24H,3-4,11,16H2,1-2H3. The molecule has 1 aliphatic carbocycles. The minimum absolute atomic E-state index is 0.0178. The van der Waals surface area contributed by atoms with Crippen molar-refractivity contribution >= 4 is 11.6 Å². The fraction of sp³-hybridized carbons (Fsp3) is 0.417. The van der Waals surface area contributed by atoms with E-state index in [0.717, 1.165) is 24.0 Å². The Hall–Kier alpha value is -2.22. The van der Waals surface area contributed by atoms with E-state index in [0.29, 0.717) is 24.4 Å². The molecule has 0 amide bonds. The number of hydrogen-bond acceptors (Lipinski definition) is 2. The number of rotatable bonds is 6. The molecule has 2 aromatic carbocycles. The SMILES string of the molecule is CCCC(=O)C1C(c2ccccc2)CC(=O)C(CC)C1c1ccccc1. The molecule has 1 saturated carbocycles. The van der Waals surface area contributed by atoms with Crippen LogP contribution in [0, 0.1) is 11.8 Å². The monoisotopic (exact) mass is 348 g/mol. The third-order valence-corrected chi connectivity index (χ3v) is 5.81. The first kappa shape index (κ1) is 18.6. The van der Waals surface area contributed by atoms with Crippen molar-refractivity contribution in [1.29, 1.82) is 0 Å². The van der Waals surface area contributed by atoms with Gasteiger partial charge in [0.2, 0.25) is 0 Å². The summed E-state index contributed by atoms with van der Waals surface area (Å²) in [5, 5.41) is 0. The van der Waals surface area contributed by atoms with Crippen molar-refractivity contribution in [3.05, 3.63) is 71.8 Å². The maximum Gasteiger partial charge on any atom is 0.137 e. The van der Waals surface area contributed by atoms with Crippen molar-refractivity contribution in [1.82, 2.24) is 0 Å². The first-order valence-electron chi connectivity index (χ1n) is 9.82. The molecule has 1 aliphatic rings. The van der Waals surface area contributed by atoms with Gasteiger partial charge in [0, 0.05) is 36.5 Å². The van der Waals surface area contributed by atoms with Crippen molar-refractivity contribution in [2.45, 2.75) is 51.4 Å². The van der Waals surface area contributed by atoms with Crippen LogP contribution in [-0.4, -0.2) is 11.6 Å². The summed E-state index contributed by atoms with van der Waals surface area (Å²) in [4.78, 5) is 26.2. The van der Waals surface area contributed by atoms with Crippen molar-refractivity contribution in [3.8, 4) is 0 Å². The lowest BCUT2D eigenvalue weighted by Crippen LogP contribution is -2.41. The Morgan fingerprint density at radius 3 is 2.04 bits per heavy atom. The van der Waals surface area contributed by atoms with E-state index in [4.69, 9.17) is 0 Å². The van der Waals surface area contributed by atoms with Crippen molar-refractivity contribution in [3.63, 3.8) is 0 Å². The van der Waals surface area contributed by atoms with Gasteiger partial charge in [-0.25, -0.2) is 0 Å². The molecular formula is C24H28O2. The smallest absolute Gasteiger partial charge is 0.137 e. The Morgan fingerprint density at radius 2 is 1.50 bits per heavy atom. The van der Waals surface area contributed by atoms with Gasteiger partial charge >= 0.3 is 0 Å². The van der Waals surface area contributed by atoms with E-state index < -0.39 is 0 Å². The van der Waals surface area contributed by atoms with Crippen molar-refractivity contribution in [2.75, 3.05) is 0 Å². The fourth-order valence-electron chi connectivity index (χ4n) is 4.66. The number of hydrogen-bond donors (Lipinski definition) is 0. The molecule has 2 aromatic rings. The Labute approximate surface area is 156 Å². The van der Waals surface area contributed by atoms with Gasteiger partial charge < -0.3 is 0 Å². The van der Waals surface area contributed by atoms with Crippen LogP contribution >= 0.6 is 0 Å². The average molecular weight is 348 g/mol. The molecule has 0 aromatic heterocycles. The topological polar surface area (TPSA) is 34.1 Å². The van der Waals surface area contributed by atoms with Crippen LogP contribution in [0.3, 0.4) is 0 Å². The maximum absolute atomic E-state index is 13.2. The second-order valence-electron chi connectivity index (χ2n) is 7.38. The Balaban J connectivity index is 2.11. The van der Waals surface area contributed by atoms with Crippen LogP contribution < -0.4 is 0 Å². The molecule has 3 rings (SSSR count). The normalized spacial score (nSPS) is 25.8. The summed E-state index contributed by atoms with van der Waals surface area (Å²) < 4.78 is 0. The second-order valence-corrected chi connectivity index (χ2v) is 7.38. The van der Waals surface area contributed by atoms with Gasteiger partial charge in [-0.05, 0) is 24.0 Å². The highest BCUT2D eigenvalue weighted by Gasteiger charge is 2.47. The van der Waals surface area contributed by atoms with Crippen LogP contribution in [0.2, 0.25) is 0 Å². The summed E-state index contributed by atoms with van der Waals surface area (Å²) in [5.74, 6) is 0.380. The Bertz CT molecular complexity index is 735. The number of Topliss-reactive ketones (excluding diaryl/α,β-unsaturated/α-hetero) is 2. The van der Waals surface area contributed by atoms with E-state index in [1.165, 1.54) is 0 Å². The van der Waals surface area contributed by atoms with Gasteiger partial charge in [-0.2, -0.15) is 0 Å². The quantitative estimate of drug-likeness (QED) is 0.687. The highest BCUT2D eigenvalue weighted by Crippen LogP contribution is 2.49. The molecule has 136 valence electrons. The van der Waals surface area contributed by atoms with Crippen LogP contribution in [0.5, 0.6) is 0 Å². The summed E-state index contributed by atoms with van der Waals surface area (Å²) in [5.41, 5.74) is 2.24. The first-order valence-corrected chi connectivity index (χ1v) is 9.82. The highest BCUT2D eigenvalue weighted by molar-refractivity contribution is 5.90. The lowest BCUT2D eigenvalue weighted by atomic mass is 9.59. The zero-order valence-corrected chi connectivity index (χ0v) is 15.7. The van der Waals surface area contributed by atoms with Crippen LogP contribution in [-0.2, 0) is 9.59 Å². The van der Waals surface area contributed by atoms with Crippen molar-refractivity contribution < 1.29 is 9.59 Å². The highest BCUT2D eigenvalue weighted by atomic mass is 16.1. The molecule has 4 unspecified atom stereocenters. The van der Waals surface area contributed by atoms with Crippen LogP contribution in [0.1, 0.15) is 62.5 Å². The van der Waals surface area contributed by atoms with Gasteiger partial charge in [0.25, 0.3) is 0 Å². The predicted molar refractivity (Wildman–Crippen MR) is 105 cm³/mol. The maximum atomic E-state index is 13.2. The van der Waals surface area contributed by atoms with E-state index in [9.17, 15) is 9.59 Å². The summed E-state index contributed by atoms with van der Waals surface area (Å²) in [6.45, 7) is 4.13. The molecule has 0 radical (unpaired) electrons. The first-order chi connectivity index (χ1) is 12.7. The van der Waals surface area contributed by atoms with E-state index in [1.54, 1.807) is 0 Å². The van der Waals surface area contributed by atoms with Gasteiger partial charge in [-0.3, -0.25) is 9.59 Å². The van der Waals surface area contributed by atoms with Gasteiger partial charge in [0.05, 0.1) is 0 Å². The minimum Gasteiger partial charge on any atom is -0.299 e. The second kappa shape index (κ2) is 8.44. The van der Waals surface area contributed by atoms with E-state index in [1.807, 2.05) is 36.4 Å². The molecule has 0 spiro atoms. The van der Waals surface area contributed by atoms with Crippen LogP contribution in [0.25, 0.3) is 0 Å². The van der Waals surface area contributed by atoms with E-state index >= 15 is 0 Å². The van der Waals surface area contributed by atoms with E-state index in [-0.39, 0.29) is 23.7 Å². The molecule has 0 aliphatic heterocycles. The molecule has 2 nitrogen and oxygen atoms in total. The minimum atomic E-state index is -0.123. The summed E-state index contributed by atoms with van der Waals surface area (Å²) in [6, 6.07) is 20.3. The Kier molecular flexibility index (Phi) is 6.03. The number of benzene rings is 2. The fourth-order valence-corrected chi connectivity index (χ4v) is 4.66. The summed E-state index contributed by atoms with van der Waals surface area (Å²) >= 11 is 0. The molecule has 0 N–H and O–H groups in total. The third-order valence-electron chi connectivity index (χ3n) is 5.81. The zero-order chi connectivity index (χ0) is 18.5. The van der Waals surface area contributed by atoms with E-state index in [2.05, 4.69) is 38.1 Å². The molecule has 26 heavy (non-hydrogen) atoms. The summed E-state index contributed by atoms with van der Waals surface area (Å²) in [6.07, 6.45) is 2.70. The number of carbonyl (C=O) groups is 2. The number of ketones is 2. The van der Waals surface area contributed by atoms with Gasteiger partial charge in [0.1, 0.15) is 11.6 Å². The number of carbonyl (C=O) groups excluding carboxylic acids is 2. The lowest BCUT2D eigenvalue weighted by Gasteiger charge is -2.42. The molecule has 1 fully saturated rings. The molecule has 0 saturated heterocycles. The summed E-state index contributed by atoms with van der Waals surface area (Å²) in [7, 11) is 0. The molecular weight excluding hydrogens is 320 g/mol. The third kappa shape index (κ3) is 3.65. The lowest BCUT2D eigenvalue weighted by molar-refractivity contribution is -0.133. The van der Waals surface area contributed by atoms with Crippen LogP contribution in [0.15, 0.2) is 60.7 Å². The molecule has 0 heterocycles. The van der Waals surface area contributed by atoms with Gasteiger partial charge in [0.15, 0.2) is 0 Å². The zero-order valence-electron chi connectivity index (χ0n) is 15.7. The Morgan fingerprint density at radius 1 is 0.923 bits per heavy atom.